The van der Waals surface area contributed by atoms with Crippen LogP contribution in [-0.2, 0) is 14.3 Å². The van der Waals surface area contributed by atoms with E-state index >= 15 is 0 Å². The third kappa shape index (κ3) is 3.79. The van der Waals surface area contributed by atoms with Gasteiger partial charge in [-0.15, -0.1) is 11.8 Å². The van der Waals surface area contributed by atoms with E-state index in [2.05, 4.69) is 6.92 Å². The minimum Gasteiger partial charge on any atom is -0.480 e. The van der Waals surface area contributed by atoms with E-state index in [0.29, 0.717) is 12.3 Å². The summed E-state index contributed by atoms with van der Waals surface area (Å²) < 4.78 is -1.48. The molecule has 0 radical (unpaired) electrons. The monoisotopic (exact) mass is 334 g/mol. The van der Waals surface area contributed by atoms with Crippen LogP contribution in [-0.4, -0.2) is 21.6 Å². The Bertz CT molecular complexity index is 582. The third-order valence-electron chi connectivity index (χ3n) is 4.93. The van der Waals surface area contributed by atoms with E-state index in [-0.39, 0.29) is 11.7 Å². The molecule has 0 bridgehead atoms. The summed E-state index contributed by atoms with van der Waals surface area (Å²) in [6.45, 7) is 7.88. The van der Waals surface area contributed by atoms with Crippen molar-refractivity contribution in [2.75, 3.05) is 0 Å². The Kier molecular flexibility index (Phi) is 5.24. The molecule has 1 aliphatic rings. The van der Waals surface area contributed by atoms with Gasteiger partial charge < -0.3 is 5.11 Å². The van der Waals surface area contributed by atoms with Crippen molar-refractivity contribution >= 4 is 23.5 Å². The Hall–Kier alpha value is -1.29. The van der Waals surface area contributed by atoms with Gasteiger partial charge in [-0.1, -0.05) is 37.3 Å². The molecule has 4 heteroatoms. The number of hydrogen-bond donors (Lipinski definition) is 1. The molecule has 2 rings (SSSR count). The fraction of sp³-hybridized carbons (Fsp3) is 0.579. The second kappa shape index (κ2) is 6.68. The van der Waals surface area contributed by atoms with Crippen LogP contribution in [0.15, 0.2) is 30.3 Å². The average Bonchev–Trinajstić information content (AvgIpc) is 2.47. The maximum atomic E-state index is 12.5. The minimum absolute atomic E-state index is 0.0777. The molecule has 1 saturated carbocycles. The van der Waals surface area contributed by atoms with E-state index in [4.69, 9.17) is 0 Å². The lowest BCUT2D eigenvalue weighted by atomic mass is 9.76. The van der Waals surface area contributed by atoms with E-state index < -0.39 is 15.5 Å². The highest BCUT2D eigenvalue weighted by atomic mass is 32.2. The molecule has 1 aliphatic carbocycles. The number of carbonyl (C=O) groups is 2. The van der Waals surface area contributed by atoms with Crippen LogP contribution < -0.4 is 0 Å². The molecule has 0 aromatic heterocycles. The predicted octanol–water partition coefficient (Wildman–Crippen LogP) is 4.50. The second-order valence-electron chi connectivity index (χ2n) is 7.32. The first-order valence-electron chi connectivity index (χ1n) is 8.18. The summed E-state index contributed by atoms with van der Waals surface area (Å²) >= 11 is 1.40. The minimum atomic E-state index is -1.06. The van der Waals surface area contributed by atoms with E-state index in [1.54, 1.807) is 6.92 Å². The molecule has 0 aliphatic heterocycles. The number of thioether (sulfide) groups is 1. The van der Waals surface area contributed by atoms with Gasteiger partial charge in [0, 0.05) is 17.1 Å². The van der Waals surface area contributed by atoms with Gasteiger partial charge in [0.2, 0.25) is 0 Å². The van der Waals surface area contributed by atoms with Crippen LogP contribution in [0.1, 0.15) is 52.5 Å². The number of ketones is 1. The van der Waals surface area contributed by atoms with Crippen molar-refractivity contribution < 1.29 is 14.7 Å². The molecule has 1 aromatic carbocycles. The fourth-order valence-electron chi connectivity index (χ4n) is 3.51. The van der Waals surface area contributed by atoms with E-state index in [0.717, 1.165) is 18.4 Å². The van der Waals surface area contributed by atoms with Gasteiger partial charge in [0.15, 0.2) is 0 Å². The van der Waals surface area contributed by atoms with Crippen molar-refractivity contribution in [2.45, 2.75) is 56.5 Å². The van der Waals surface area contributed by atoms with Gasteiger partial charge in [-0.05, 0) is 45.1 Å². The topological polar surface area (TPSA) is 54.4 Å². The zero-order valence-electron chi connectivity index (χ0n) is 14.3. The zero-order chi connectivity index (χ0) is 17.3. The molecule has 23 heavy (non-hydrogen) atoms. The number of Topliss-reactive ketones (excluding diaryl/α,β-unsaturated/α-hetero) is 1. The first-order valence-corrected chi connectivity index (χ1v) is 9.00. The van der Waals surface area contributed by atoms with E-state index in [9.17, 15) is 14.7 Å². The highest BCUT2D eigenvalue weighted by molar-refractivity contribution is 8.02. The molecule has 3 atom stereocenters. The molecule has 0 saturated heterocycles. The number of carbonyl (C=O) groups excluding carboxylic acids is 1. The number of carboxylic acids is 1. The van der Waals surface area contributed by atoms with Crippen LogP contribution in [0, 0.1) is 11.8 Å². The average molecular weight is 334 g/mol. The summed E-state index contributed by atoms with van der Waals surface area (Å²) in [6.07, 6.45) is 2.50. The lowest BCUT2D eigenvalue weighted by molar-refractivity contribution is -0.139. The van der Waals surface area contributed by atoms with Crippen LogP contribution >= 0.6 is 11.8 Å². The molecule has 1 aromatic rings. The second-order valence-corrected chi connectivity index (χ2v) is 9.39. The van der Waals surface area contributed by atoms with Gasteiger partial charge in [0.1, 0.15) is 10.5 Å². The van der Waals surface area contributed by atoms with Crippen LogP contribution in [0.2, 0.25) is 0 Å². The summed E-state index contributed by atoms with van der Waals surface area (Å²) in [4.78, 5) is 24.5. The molecule has 3 nitrogen and oxygen atoms in total. The lowest BCUT2D eigenvalue weighted by Gasteiger charge is -2.41. The van der Waals surface area contributed by atoms with Gasteiger partial charge >= 0.3 is 5.97 Å². The van der Waals surface area contributed by atoms with Crippen LogP contribution in [0.4, 0.5) is 0 Å². The van der Waals surface area contributed by atoms with Crippen molar-refractivity contribution in [2.24, 2.45) is 11.8 Å². The van der Waals surface area contributed by atoms with Crippen molar-refractivity contribution in [3.63, 3.8) is 0 Å². The Labute approximate surface area is 142 Å². The summed E-state index contributed by atoms with van der Waals surface area (Å²) in [7, 11) is 0. The number of hydrogen-bond acceptors (Lipinski definition) is 3. The fourth-order valence-corrected chi connectivity index (χ4v) is 5.30. The van der Waals surface area contributed by atoms with E-state index in [1.807, 2.05) is 44.2 Å². The first kappa shape index (κ1) is 18.1. The molecular weight excluding hydrogens is 308 g/mol. The summed E-state index contributed by atoms with van der Waals surface area (Å²) in [5.41, 5.74) is 0.766. The number of rotatable bonds is 5. The van der Waals surface area contributed by atoms with Crippen molar-refractivity contribution in [3.8, 4) is 0 Å². The molecule has 3 unspecified atom stereocenters. The smallest absolute Gasteiger partial charge is 0.324 e. The van der Waals surface area contributed by atoms with E-state index in [1.165, 1.54) is 11.8 Å². The molecule has 126 valence electrons. The normalized spacial score (nSPS) is 25.0. The zero-order valence-corrected chi connectivity index (χ0v) is 15.2. The van der Waals surface area contributed by atoms with Crippen LogP contribution in [0.5, 0.6) is 0 Å². The largest absolute Gasteiger partial charge is 0.480 e. The van der Waals surface area contributed by atoms with Crippen LogP contribution in [0.3, 0.4) is 0 Å². The van der Waals surface area contributed by atoms with Gasteiger partial charge in [-0.3, -0.25) is 9.59 Å². The van der Waals surface area contributed by atoms with Crippen molar-refractivity contribution in [1.29, 1.82) is 0 Å². The quantitative estimate of drug-likeness (QED) is 0.861. The Morgan fingerprint density at radius 2 is 1.78 bits per heavy atom. The Morgan fingerprint density at radius 3 is 2.30 bits per heavy atom. The number of aliphatic carboxylic acids is 1. The first-order chi connectivity index (χ1) is 10.7. The van der Waals surface area contributed by atoms with Gasteiger partial charge in [0.05, 0.1) is 0 Å². The maximum Gasteiger partial charge on any atom is 0.324 e. The van der Waals surface area contributed by atoms with Crippen LogP contribution in [0.25, 0.3) is 0 Å². The highest BCUT2D eigenvalue weighted by Gasteiger charge is 2.46. The standard InChI is InChI=1S/C19H26O3S/c1-13-10-11-15(16(20)12-13)18(2,3)23-19(4,17(21)22)14-8-6-5-7-9-14/h5-9,13,15H,10-12H2,1-4H3,(H,21,22). The molecule has 0 heterocycles. The molecular formula is C19H26O3S. The van der Waals surface area contributed by atoms with Crippen molar-refractivity contribution in [1.82, 2.24) is 0 Å². The summed E-state index contributed by atoms with van der Waals surface area (Å²) in [5, 5.41) is 9.85. The molecule has 1 fully saturated rings. The highest BCUT2D eigenvalue weighted by Crippen LogP contribution is 2.50. The number of carboxylic acid groups (broad SMARTS) is 1. The summed E-state index contributed by atoms with van der Waals surface area (Å²) in [5.74, 6) is -0.217. The van der Waals surface area contributed by atoms with Gasteiger partial charge in [-0.25, -0.2) is 0 Å². The lowest BCUT2D eigenvalue weighted by Crippen LogP contribution is -2.43. The predicted molar refractivity (Wildman–Crippen MR) is 94.6 cm³/mol. The molecule has 0 spiro atoms. The summed E-state index contributed by atoms with van der Waals surface area (Å²) in [6, 6.07) is 9.30. The van der Waals surface area contributed by atoms with Crippen molar-refractivity contribution in [3.05, 3.63) is 35.9 Å². The number of benzene rings is 1. The molecule has 0 amide bonds. The SMILES string of the molecule is CC1CCC(C(C)(C)SC(C)(C(=O)O)c2ccccc2)C(=O)C1. The molecule has 1 N–H and O–H groups in total. The third-order valence-corrected chi connectivity index (χ3v) is 6.55. The van der Waals surface area contributed by atoms with Gasteiger partial charge in [0.25, 0.3) is 0 Å². The Balaban J connectivity index is 2.29. The maximum absolute atomic E-state index is 12.5. The van der Waals surface area contributed by atoms with Gasteiger partial charge in [-0.2, -0.15) is 0 Å². The Morgan fingerprint density at radius 1 is 1.17 bits per heavy atom.